The maximum Gasteiger partial charge on any atom is 0.257 e. The van der Waals surface area contributed by atoms with E-state index in [2.05, 4.69) is 16.2 Å². The predicted octanol–water partition coefficient (Wildman–Crippen LogP) is 4.28. The predicted molar refractivity (Wildman–Crippen MR) is 125 cm³/mol. The van der Waals surface area contributed by atoms with Gasteiger partial charge in [0.2, 0.25) is 5.91 Å². The largest absolute Gasteiger partial charge is 0.492 e. The van der Waals surface area contributed by atoms with E-state index in [1.807, 2.05) is 13.8 Å². The van der Waals surface area contributed by atoms with Gasteiger partial charge in [0.15, 0.2) is 5.11 Å². The summed E-state index contributed by atoms with van der Waals surface area (Å²) in [6, 6.07) is 11.6. The monoisotopic (exact) mass is 483 g/mol. The highest BCUT2D eigenvalue weighted by atomic mass is 35.5. The van der Waals surface area contributed by atoms with Gasteiger partial charge in [-0.25, -0.2) is 0 Å². The fourth-order valence-corrected chi connectivity index (χ4v) is 2.99. The Labute approximate surface area is 196 Å². The summed E-state index contributed by atoms with van der Waals surface area (Å²) in [5, 5.41) is 3.38. The summed E-state index contributed by atoms with van der Waals surface area (Å²) in [6.07, 6.45) is 0.627. The van der Waals surface area contributed by atoms with Crippen LogP contribution in [-0.4, -0.2) is 29.6 Å². The van der Waals surface area contributed by atoms with E-state index in [0.29, 0.717) is 40.1 Å². The zero-order valence-corrected chi connectivity index (χ0v) is 19.4. The maximum absolute atomic E-state index is 12.3. The number of amides is 2. The molecule has 0 saturated carbocycles. The number of nitrogens with one attached hydrogen (secondary N) is 3. The lowest BCUT2D eigenvalue weighted by molar-refractivity contribution is -0.121. The van der Waals surface area contributed by atoms with Crippen LogP contribution in [0.1, 0.15) is 37.0 Å². The fraction of sp³-hybridized carbons (Fsp3) is 0.286. The Bertz CT molecular complexity index is 941. The molecule has 0 radical (unpaired) electrons. The van der Waals surface area contributed by atoms with E-state index in [1.165, 1.54) is 0 Å². The molecule has 0 aromatic heterocycles. The van der Waals surface area contributed by atoms with E-state index < -0.39 is 5.91 Å². The minimum Gasteiger partial charge on any atom is -0.492 e. The van der Waals surface area contributed by atoms with Crippen molar-refractivity contribution >= 4 is 52.3 Å². The third-order valence-corrected chi connectivity index (χ3v) is 4.44. The van der Waals surface area contributed by atoms with E-state index in [4.69, 9.17) is 44.9 Å². The minimum absolute atomic E-state index is 0.00940. The van der Waals surface area contributed by atoms with Gasteiger partial charge in [0, 0.05) is 17.0 Å². The van der Waals surface area contributed by atoms with Gasteiger partial charge in [-0.3, -0.25) is 25.8 Å². The average molecular weight is 484 g/mol. The molecule has 0 aliphatic rings. The van der Waals surface area contributed by atoms with Crippen LogP contribution in [0.15, 0.2) is 42.5 Å². The quantitative estimate of drug-likeness (QED) is 0.295. The smallest absolute Gasteiger partial charge is 0.257 e. The van der Waals surface area contributed by atoms with Gasteiger partial charge in [0.1, 0.15) is 11.5 Å². The van der Waals surface area contributed by atoms with Crippen LogP contribution in [-0.2, 0) is 4.79 Å². The first-order valence-corrected chi connectivity index (χ1v) is 10.7. The SMILES string of the molecule is CC(C)Oc1cccc(C(=O)NC(=S)NNC(=O)CCCOc2ccc(Cl)cc2Cl)c1. The molecular formula is C21H23Cl2N3O4S. The Morgan fingerprint density at radius 2 is 1.87 bits per heavy atom. The van der Waals surface area contributed by atoms with Gasteiger partial charge in [-0.1, -0.05) is 29.3 Å². The second-order valence-corrected chi connectivity index (χ2v) is 7.93. The Morgan fingerprint density at radius 1 is 1.10 bits per heavy atom. The van der Waals surface area contributed by atoms with Gasteiger partial charge in [-0.2, -0.15) is 0 Å². The molecule has 166 valence electrons. The van der Waals surface area contributed by atoms with Crippen molar-refractivity contribution in [3.63, 3.8) is 0 Å². The molecule has 2 rings (SSSR count). The molecule has 0 unspecified atom stereocenters. The standard InChI is InChI=1S/C21H23Cl2N3O4S/c1-13(2)30-16-6-3-5-14(11-16)20(28)24-21(31)26-25-19(27)7-4-10-29-18-9-8-15(22)12-17(18)23/h3,5-6,8-9,11-13H,4,7,10H2,1-2H3,(H,25,27)(H2,24,26,28,31). The van der Waals surface area contributed by atoms with E-state index in [9.17, 15) is 9.59 Å². The number of benzene rings is 2. The topological polar surface area (TPSA) is 88.7 Å². The summed E-state index contributed by atoms with van der Waals surface area (Å²) in [6.45, 7) is 4.09. The fourth-order valence-electron chi connectivity index (χ4n) is 2.39. The van der Waals surface area contributed by atoms with Gasteiger partial charge in [-0.15, -0.1) is 0 Å². The Morgan fingerprint density at radius 3 is 2.58 bits per heavy atom. The van der Waals surface area contributed by atoms with Crippen molar-refractivity contribution in [1.82, 2.24) is 16.2 Å². The lowest BCUT2D eigenvalue weighted by atomic mass is 10.2. The average Bonchev–Trinajstić information content (AvgIpc) is 2.70. The van der Waals surface area contributed by atoms with Gasteiger partial charge in [-0.05, 0) is 68.9 Å². The van der Waals surface area contributed by atoms with Crippen LogP contribution in [0.4, 0.5) is 0 Å². The lowest BCUT2D eigenvalue weighted by Gasteiger charge is -2.13. The summed E-state index contributed by atoms with van der Waals surface area (Å²) in [5.41, 5.74) is 5.30. The molecule has 3 N–H and O–H groups in total. The first-order valence-electron chi connectivity index (χ1n) is 9.49. The molecule has 2 aromatic rings. The van der Waals surface area contributed by atoms with Crippen molar-refractivity contribution in [3.8, 4) is 11.5 Å². The number of halogens is 2. The molecule has 0 spiro atoms. The highest BCUT2D eigenvalue weighted by Gasteiger charge is 2.10. The third-order valence-electron chi connectivity index (χ3n) is 3.71. The van der Waals surface area contributed by atoms with Crippen molar-refractivity contribution in [2.45, 2.75) is 32.8 Å². The highest BCUT2D eigenvalue weighted by Crippen LogP contribution is 2.27. The highest BCUT2D eigenvalue weighted by molar-refractivity contribution is 7.80. The molecule has 0 aliphatic carbocycles. The van der Waals surface area contributed by atoms with Crippen LogP contribution in [0.25, 0.3) is 0 Å². The number of carbonyl (C=O) groups excluding carboxylic acids is 2. The summed E-state index contributed by atoms with van der Waals surface area (Å²) in [4.78, 5) is 24.2. The van der Waals surface area contributed by atoms with Crippen LogP contribution >= 0.6 is 35.4 Å². The van der Waals surface area contributed by atoms with Crippen molar-refractivity contribution in [1.29, 1.82) is 0 Å². The van der Waals surface area contributed by atoms with Crippen LogP contribution in [0.5, 0.6) is 11.5 Å². The molecule has 10 heteroatoms. The van der Waals surface area contributed by atoms with Crippen LogP contribution in [0.3, 0.4) is 0 Å². The molecule has 0 atom stereocenters. The number of hydrogen-bond donors (Lipinski definition) is 3. The lowest BCUT2D eigenvalue weighted by Crippen LogP contribution is -2.48. The molecule has 0 bridgehead atoms. The number of ether oxygens (including phenoxy) is 2. The molecule has 31 heavy (non-hydrogen) atoms. The number of hydrogen-bond acceptors (Lipinski definition) is 5. The van der Waals surface area contributed by atoms with Gasteiger partial charge >= 0.3 is 0 Å². The zero-order valence-electron chi connectivity index (χ0n) is 17.0. The van der Waals surface area contributed by atoms with Gasteiger partial charge in [0.25, 0.3) is 5.91 Å². The normalized spacial score (nSPS) is 10.4. The summed E-state index contributed by atoms with van der Waals surface area (Å²) in [5.74, 6) is 0.345. The number of carbonyl (C=O) groups is 2. The number of hydrazine groups is 1. The number of rotatable bonds is 8. The molecule has 2 amide bonds. The van der Waals surface area contributed by atoms with Gasteiger partial charge in [0.05, 0.1) is 17.7 Å². The van der Waals surface area contributed by atoms with E-state index in [1.54, 1.807) is 42.5 Å². The Balaban J connectivity index is 1.68. The minimum atomic E-state index is -0.422. The number of thiocarbonyl (C=S) groups is 1. The van der Waals surface area contributed by atoms with E-state index in [-0.39, 0.29) is 23.5 Å². The third kappa shape index (κ3) is 9.00. The van der Waals surface area contributed by atoms with Crippen LogP contribution < -0.4 is 25.6 Å². The molecular weight excluding hydrogens is 461 g/mol. The molecule has 0 heterocycles. The molecule has 0 fully saturated rings. The van der Waals surface area contributed by atoms with E-state index in [0.717, 1.165) is 0 Å². The van der Waals surface area contributed by atoms with E-state index >= 15 is 0 Å². The second-order valence-electron chi connectivity index (χ2n) is 6.68. The molecule has 0 saturated heterocycles. The Kier molecular flexibility index (Phi) is 9.84. The zero-order chi connectivity index (χ0) is 22.8. The summed E-state index contributed by atoms with van der Waals surface area (Å²) >= 11 is 16.9. The molecule has 7 nitrogen and oxygen atoms in total. The van der Waals surface area contributed by atoms with Crippen LogP contribution in [0.2, 0.25) is 10.0 Å². The maximum atomic E-state index is 12.3. The Hall–Kier alpha value is -2.55. The van der Waals surface area contributed by atoms with Crippen LogP contribution in [0, 0.1) is 0 Å². The first kappa shape index (κ1) is 24.7. The van der Waals surface area contributed by atoms with Crippen molar-refractivity contribution in [2.75, 3.05) is 6.61 Å². The van der Waals surface area contributed by atoms with Gasteiger partial charge < -0.3 is 9.47 Å². The molecule has 2 aromatic carbocycles. The molecule has 0 aliphatic heterocycles. The summed E-state index contributed by atoms with van der Waals surface area (Å²) in [7, 11) is 0. The van der Waals surface area contributed by atoms with Crippen molar-refractivity contribution in [3.05, 3.63) is 58.1 Å². The van der Waals surface area contributed by atoms with Crippen molar-refractivity contribution in [2.24, 2.45) is 0 Å². The second kappa shape index (κ2) is 12.3. The van der Waals surface area contributed by atoms with Crippen molar-refractivity contribution < 1.29 is 19.1 Å². The summed E-state index contributed by atoms with van der Waals surface area (Å²) < 4.78 is 11.1. The first-order chi connectivity index (χ1) is 14.7.